The van der Waals surface area contributed by atoms with E-state index in [0.29, 0.717) is 12.1 Å². The van der Waals surface area contributed by atoms with E-state index in [4.69, 9.17) is 4.74 Å². The lowest BCUT2D eigenvalue weighted by atomic mass is 10.1. The molecule has 2 N–H and O–H groups in total. The van der Waals surface area contributed by atoms with Gasteiger partial charge in [-0.05, 0) is 38.0 Å². The van der Waals surface area contributed by atoms with Crippen molar-refractivity contribution >= 4 is 23.3 Å². The Bertz CT molecular complexity index is 710. The summed E-state index contributed by atoms with van der Waals surface area (Å²) >= 11 is 1.66. The maximum atomic E-state index is 11.4. The molecular weight excluding hydrogens is 336 g/mol. The van der Waals surface area contributed by atoms with Gasteiger partial charge in [-0.25, -0.2) is 14.8 Å². The Morgan fingerprint density at radius 3 is 2.64 bits per heavy atom. The third kappa shape index (κ3) is 6.19. The van der Waals surface area contributed by atoms with Crippen molar-refractivity contribution in [1.29, 1.82) is 0 Å². The summed E-state index contributed by atoms with van der Waals surface area (Å²) in [5.41, 5.74) is 1.71. The van der Waals surface area contributed by atoms with Gasteiger partial charge in [-0.2, -0.15) is 0 Å². The number of carbonyl (C=O) groups excluding carboxylic acids is 1. The third-order valence-corrected chi connectivity index (χ3v) is 4.36. The van der Waals surface area contributed by atoms with Crippen LogP contribution in [0.1, 0.15) is 32.7 Å². The number of guanidine groups is 1. The number of thiazole rings is 1. The fraction of sp³-hybridized carbons (Fsp3) is 0.389. The van der Waals surface area contributed by atoms with Crippen LogP contribution in [0, 0.1) is 6.92 Å². The number of hydrogen-bond donors (Lipinski definition) is 2. The summed E-state index contributed by atoms with van der Waals surface area (Å²) in [5.74, 6) is 0.463. The van der Waals surface area contributed by atoms with E-state index in [9.17, 15) is 4.79 Å². The second kappa shape index (κ2) is 9.78. The highest BCUT2D eigenvalue weighted by molar-refractivity contribution is 7.11. The van der Waals surface area contributed by atoms with Crippen molar-refractivity contribution in [2.45, 2.75) is 26.8 Å². The Morgan fingerprint density at radius 1 is 1.28 bits per heavy atom. The topological polar surface area (TPSA) is 75.6 Å². The average molecular weight is 360 g/mol. The van der Waals surface area contributed by atoms with Crippen molar-refractivity contribution < 1.29 is 9.53 Å². The lowest BCUT2D eigenvalue weighted by Gasteiger charge is -2.11. The van der Waals surface area contributed by atoms with Crippen molar-refractivity contribution in [3.8, 4) is 0 Å². The molecule has 0 spiro atoms. The minimum Gasteiger partial charge on any atom is -0.465 e. The van der Waals surface area contributed by atoms with Crippen molar-refractivity contribution in [3.05, 3.63) is 51.5 Å². The summed E-state index contributed by atoms with van der Waals surface area (Å²) in [6.07, 6.45) is 2.70. The van der Waals surface area contributed by atoms with Gasteiger partial charge in [0, 0.05) is 24.2 Å². The van der Waals surface area contributed by atoms with Gasteiger partial charge in [0.05, 0.1) is 19.2 Å². The summed E-state index contributed by atoms with van der Waals surface area (Å²) in [7, 11) is 1.38. The first-order chi connectivity index (χ1) is 12.1. The van der Waals surface area contributed by atoms with Gasteiger partial charge >= 0.3 is 5.97 Å². The zero-order valence-electron chi connectivity index (χ0n) is 14.8. The molecule has 0 amide bonds. The number of esters is 1. The highest BCUT2D eigenvalue weighted by atomic mass is 32.1. The molecule has 2 aromatic rings. The Hall–Kier alpha value is -2.41. The minimum atomic E-state index is -0.316. The first-order valence-corrected chi connectivity index (χ1v) is 9.04. The fourth-order valence-electron chi connectivity index (χ4n) is 2.21. The van der Waals surface area contributed by atoms with Gasteiger partial charge in [0.2, 0.25) is 0 Å². The van der Waals surface area contributed by atoms with E-state index in [1.165, 1.54) is 12.0 Å². The van der Waals surface area contributed by atoms with E-state index in [1.54, 1.807) is 23.5 Å². The van der Waals surface area contributed by atoms with E-state index in [1.807, 2.05) is 32.2 Å². The quantitative estimate of drug-likeness (QED) is 0.451. The molecule has 0 aliphatic rings. The molecule has 1 aromatic carbocycles. The first kappa shape index (κ1) is 18.9. The summed E-state index contributed by atoms with van der Waals surface area (Å²) in [6.45, 7) is 6.20. The molecule has 0 unspecified atom stereocenters. The number of aryl methyl sites for hydroxylation is 1. The molecule has 7 heteroatoms. The predicted octanol–water partition coefficient (Wildman–Crippen LogP) is 2.54. The van der Waals surface area contributed by atoms with Gasteiger partial charge < -0.3 is 15.4 Å². The van der Waals surface area contributed by atoms with E-state index in [-0.39, 0.29) is 5.97 Å². The fourth-order valence-corrected chi connectivity index (χ4v) is 2.93. The Morgan fingerprint density at radius 2 is 2.04 bits per heavy atom. The number of benzene rings is 1. The zero-order valence-corrected chi connectivity index (χ0v) is 15.7. The third-order valence-electron chi connectivity index (χ3n) is 3.47. The van der Waals surface area contributed by atoms with Crippen LogP contribution in [0.2, 0.25) is 0 Å². The summed E-state index contributed by atoms with van der Waals surface area (Å²) in [4.78, 5) is 21.5. The molecule has 134 valence electrons. The van der Waals surface area contributed by atoms with Gasteiger partial charge in [0.25, 0.3) is 0 Å². The lowest BCUT2D eigenvalue weighted by molar-refractivity contribution is 0.0600. The molecule has 1 heterocycles. The highest BCUT2D eigenvalue weighted by Crippen LogP contribution is 2.11. The Kier molecular flexibility index (Phi) is 7.40. The van der Waals surface area contributed by atoms with Crippen LogP contribution in [0.15, 0.2) is 35.5 Å². The average Bonchev–Trinajstić information content (AvgIpc) is 3.05. The van der Waals surface area contributed by atoms with Crippen molar-refractivity contribution in [2.24, 2.45) is 4.99 Å². The number of hydrogen-bond acceptors (Lipinski definition) is 5. The molecule has 6 nitrogen and oxygen atoms in total. The highest BCUT2D eigenvalue weighted by Gasteiger charge is 2.05. The number of ether oxygens (including phenoxy) is 1. The van der Waals surface area contributed by atoms with Crippen LogP contribution >= 0.6 is 11.3 Å². The van der Waals surface area contributed by atoms with Crippen LogP contribution in [0.3, 0.4) is 0 Å². The van der Waals surface area contributed by atoms with E-state index >= 15 is 0 Å². The van der Waals surface area contributed by atoms with Gasteiger partial charge in [-0.15, -0.1) is 11.3 Å². The van der Waals surface area contributed by atoms with E-state index in [0.717, 1.165) is 36.0 Å². The Balaban J connectivity index is 1.85. The van der Waals surface area contributed by atoms with Gasteiger partial charge in [0.15, 0.2) is 5.96 Å². The summed E-state index contributed by atoms with van der Waals surface area (Å²) in [5, 5.41) is 7.56. The lowest BCUT2D eigenvalue weighted by Crippen LogP contribution is -2.38. The number of nitrogens with one attached hydrogen (secondary N) is 2. The van der Waals surface area contributed by atoms with Crippen LogP contribution in [0.5, 0.6) is 0 Å². The number of methoxy groups -OCH3 is 1. The van der Waals surface area contributed by atoms with Crippen molar-refractivity contribution in [3.63, 3.8) is 0 Å². The number of aromatic nitrogens is 1. The number of carbonyl (C=O) groups is 1. The molecule has 0 atom stereocenters. The maximum Gasteiger partial charge on any atom is 0.337 e. The number of rotatable bonds is 7. The van der Waals surface area contributed by atoms with Crippen molar-refractivity contribution in [2.75, 3.05) is 20.2 Å². The zero-order chi connectivity index (χ0) is 18.1. The molecule has 0 aliphatic carbocycles. The van der Waals surface area contributed by atoms with Crippen LogP contribution < -0.4 is 10.6 Å². The summed E-state index contributed by atoms with van der Waals surface area (Å²) < 4.78 is 4.70. The molecule has 0 saturated heterocycles. The normalized spacial score (nSPS) is 11.2. The van der Waals surface area contributed by atoms with Gasteiger partial charge in [0.1, 0.15) is 5.01 Å². The minimum absolute atomic E-state index is 0.316. The number of nitrogens with zero attached hydrogens (tertiary/aromatic N) is 2. The molecule has 0 saturated carbocycles. The van der Waals surface area contributed by atoms with Crippen LogP contribution in [-0.4, -0.2) is 37.1 Å². The number of aliphatic imine (C=N–C) groups is 1. The monoisotopic (exact) mass is 360 g/mol. The van der Waals surface area contributed by atoms with Crippen molar-refractivity contribution in [1.82, 2.24) is 15.6 Å². The predicted molar refractivity (Wildman–Crippen MR) is 101 cm³/mol. The second-order valence-electron chi connectivity index (χ2n) is 5.43. The van der Waals surface area contributed by atoms with Gasteiger partial charge in [-0.3, -0.25) is 0 Å². The molecule has 0 bridgehead atoms. The second-order valence-corrected chi connectivity index (χ2v) is 6.74. The molecule has 25 heavy (non-hydrogen) atoms. The van der Waals surface area contributed by atoms with E-state index in [2.05, 4.69) is 20.6 Å². The largest absolute Gasteiger partial charge is 0.465 e. The molecule has 0 radical (unpaired) electrons. The maximum absolute atomic E-state index is 11.4. The smallest absolute Gasteiger partial charge is 0.337 e. The molecule has 1 aromatic heterocycles. The SMILES string of the molecule is CCNC(=NCc1ncc(C)s1)NCCc1ccc(C(=O)OC)cc1. The Labute approximate surface area is 152 Å². The standard InChI is InChI=1S/C18H24N4O2S/c1-4-19-18(22-12-16-21-11-13(2)25-16)20-10-9-14-5-7-15(8-6-14)17(23)24-3/h5-8,11H,4,9-10,12H2,1-3H3,(H2,19,20,22). The summed E-state index contributed by atoms with van der Waals surface area (Å²) in [6, 6.07) is 7.45. The van der Waals surface area contributed by atoms with E-state index < -0.39 is 0 Å². The molecular formula is C18H24N4O2S. The van der Waals surface area contributed by atoms with Crippen LogP contribution in [0.25, 0.3) is 0 Å². The first-order valence-electron chi connectivity index (χ1n) is 8.23. The molecule has 0 aliphatic heterocycles. The van der Waals surface area contributed by atoms with Gasteiger partial charge in [-0.1, -0.05) is 12.1 Å². The molecule has 2 rings (SSSR count). The molecule has 0 fully saturated rings. The van der Waals surface area contributed by atoms with Crippen LogP contribution in [-0.2, 0) is 17.7 Å². The van der Waals surface area contributed by atoms with Crippen LogP contribution in [0.4, 0.5) is 0 Å².